The molecule has 0 heterocycles. The van der Waals surface area contributed by atoms with Gasteiger partial charge in [-0.15, -0.1) is 13.2 Å². The highest BCUT2D eigenvalue weighted by atomic mass is 16.4. The molecule has 0 aliphatic heterocycles. The van der Waals surface area contributed by atoms with Crippen molar-refractivity contribution in [3.05, 3.63) is 60.7 Å². The maximum absolute atomic E-state index is 10.5. The molecule has 0 spiro atoms. The number of aliphatic carboxylic acids is 2. The molecule has 0 bridgehead atoms. The van der Waals surface area contributed by atoms with Gasteiger partial charge in [-0.1, -0.05) is 24.3 Å². The Morgan fingerprint density at radius 2 is 1.00 bits per heavy atom. The molecule has 0 aromatic heterocycles. The number of hydrogen-bond acceptors (Lipinski definition) is 4. The van der Waals surface area contributed by atoms with Crippen LogP contribution < -0.4 is 0 Å². The van der Waals surface area contributed by atoms with Crippen molar-refractivity contribution in [1.82, 2.24) is 0 Å². The lowest BCUT2D eigenvalue weighted by Crippen LogP contribution is -2.06. The van der Waals surface area contributed by atoms with Crippen LogP contribution in [0.5, 0.6) is 0 Å². The number of allylic oxidation sites excluding steroid dienone is 2. The highest BCUT2D eigenvalue weighted by molar-refractivity contribution is 6.01. The van der Waals surface area contributed by atoms with Gasteiger partial charge in [-0.3, -0.25) is 9.59 Å². The number of benzene rings is 1. The van der Waals surface area contributed by atoms with Gasteiger partial charge in [0.05, 0.1) is 24.0 Å². The van der Waals surface area contributed by atoms with E-state index in [1.165, 1.54) is 24.3 Å². The molecule has 4 N–H and O–H groups in total. The number of rotatable bonds is 5. The second kappa shape index (κ2) is 17.9. The van der Waals surface area contributed by atoms with E-state index in [-0.39, 0.29) is 24.0 Å². The summed E-state index contributed by atoms with van der Waals surface area (Å²) < 4.78 is 0. The smallest absolute Gasteiger partial charge is 0.336 e. The Bertz CT molecular complexity index is 552. The summed E-state index contributed by atoms with van der Waals surface area (Å²) in [5.41, 5.74) is -0.380. The molecule has 0 saturated heterocycles. The van der Waals surface area contributed by atoms with E-state index in [4.69, 9.17) is 20.4 Å². The molecule has 0 atom stereocenters. The van der Waals surface area contributed by atoms with Crippen LogP contribution in [0.25, 0.3) is 0 Å². The van der Waals surface area contributed by atoms with Gasteiger partial charge in [0.2, 0.25) is 0 Å². The average molecular weight is 368 g/mol. The summed E-state index contributed by atoms with van der Waals surface area (Å²) in [5, 5.41) is 32.9. The summed E-state index contributed by atoms with van der Waals surface area (Å²) in [6, 6.07) is 5.48. The van der Waals surface area contributed by atoms with Crippen molar-refractivity contribution in [2.24, 2.45) is 0 Å². The van der Waals surface area contributed by atoms with Gasteiger partial charge >= 0.3 is 23.9 Å². The molecule has 1 rings (SSSR count). The summed E-state index contributed by atoms with van der Waals surface area (Å²) in [7, 11) is 0. The lowest BCUT2D eigenvalue weighted by Gasteiger charge is -1.98. The summed E-state index contributed by atoms with van der Waals surface area (Å²) in [6.07, 6.45) is 2.91. The molecular weight excluding hydrogens is 344 g/mol. The Labute approximate surface area is 151 Å². The second-order valence-corrected chi connectivity index (χ2v) is 4.26. The third kappa shape index (κ3) is 18.6. The summed E-state index contributed by atoms with van der Waals surface area (Å²) in [4.78, 5) is 40.2. The molecule has 1 aromatic carbocycles. The molecule has 8 nitrogen and oxygen atoms in total. The van der Waals surface area contributed by atoms with Crippen molar-refractivity contribution in [3.63, 3.8) is 0 Å². The third-order valence-electron chi connectivity index (χ3n) is 1.94. The second-order valence-electron chi connectivity index (χ2n) is 4.26. The van der Waals surface area contributed by atoms with Crippen molar-refractivity contribution in [1.29, 1.82) is 0 Å². The van der Waals surface area contributed by atoms with Crippen molar-refractivity contribution in [2.75, 3.05) is 0 Å². The standard InChI is InChI=1S/C8H6O4.C4H6O4.2C3H6/c9-7(10)5-3-1-2-4-6(5)8(11)12;5-3(6)1-2-4(7)8;2*1-3-2/h1-4H,(H,9,10)(H,11,12);1-2H2,(H,5,6)(H,7,8);2*3H,1H2,2H3. The minimum Gasteiger partial charge on any atom is -0.481 e. The average Bonchev–Trinajstić information content (AvgIpc) is 2.55. The maximum Gasteiger partial charge on any atom is 0.336 e. The van der Waals surface area contributed by atoms with Gasteiger partial charge in [-0.2, -0.15) is 0 Å². The van der Waals surface area contributed by atoms with E-state index in [1.54, 1.807) is 12.2 Å². The van der Waals surface area contributed by atoms with Gasteiger partial charge in [0, 0.05) is 0 Å². The zero-order chi connectivity index (χ0) is 21.1. The fraction of sp³-hybridized carbons (Fsp3) is 0.222. The fourth-order valence-corrected chi connectivity index (χ4v) is 1.07. The molecule has 0 amide bonds. The largest absolute Gasteiger partial charge is 0.481 e. The SMILES string of the molecule is C=CC.C=CC.O=C(O)CCC(=O)O.O=C(O)c1ccccc1C(=O)O. The van der Waals surface area contributed by atoms with Crippen LogP contribution in [-0.2, 0) is 9.59 Å². The molecular formula is C18H24O8. The Kier molecular flexibility index (Phi) is 18.9. The molecule has 0 unspecified atom stereocenters. The molecule has 144 valence electrons. The van der Waals surface area contributed by atoms with Crippen LogP contribution in [-0.4, -0.2) is 44.3 Å². The highest BCUT2D eigenvalue weighted by Gasteiger charge is 2.13. The van der Waals surface area contributed by atoms with Crippen LogP contribution in [0.4, 0.5) is 0 Å². The predicted octanol–water partition coefficient (Wildman–Crippen LogP) is 3.40. The monoisotopic (exact) mass is 368 g/mol. The first-order valence-corrected chi connectivity index (χ1v) is 7.22. The Balaban J connectivity index is -0.000000327. The topological polar surface area (TPSA) is 149 Å². The van der Waals surface area contributed by atoms with Gasteiger partial charge in [0.15, 0.2) is 0 Å². The van der Waals surface area contributed by atoms with Crippen LogP contribution >= 0.6 is 0 Å². The number of carboxylic acid groups (broad SMARTS) is 4. The number of carboxylic acids is 4. The van der Waals surface area contributed by atoms with Crippen LogP contribution in [0.3, 0.4) is 0 Å². The summed E-state index contributed by atoms with van der Waals surface area (Å²) >= 11 is 0. The van der Waals surface area contributed by atoms with Gasteiger partial charge < -0.3 is 20.4 Å². The molecule has 0 saturated carbocycles. The number of hydrogen-bond donors (Lipinski definition) is 4. The van der Waals surface area contributed by atoms with Crippen molar-refractivity contribution < 1.29 is 39.6 Å². The van der Waals surface area contributed by atoms with E-state index in [1.807, 2.05) is 13.8 Å². The van der Waals surface area contributed by atoms with E-state index >= 15 is 0 Å². The Hall–Kier alpha value is -3.42. The van der Waals surface area contributed by atoms with Crippen LogP contribution in [0, 0.1) is 0 Å². The van der Waals surface area contributed by atoms with Crippen LogP contribution in [0.15, 0.2) is 49.6 Å². The fourth-order valence-electron chi connectivity index (χ4n) is 1.07. The lowest BCUT2D eigenvalue weighted by molar-refractivity contribution is -0.143. The first-order chi connectivity index (χ1) is 12.1. The van der Waals surface area contributed by atoms with E-state index in [0.29, 0.717) is 0 Å². The quantitative estimate of drug-likeness (QED) is 0.578. The predicted molar refractivity (Wildman–Crippen MR) is 96.6 cm³/mol. The van der Waals surface area contributed by atoms with E-state index in [2.05, 4.69) is 13.2 Å². The lowest BCUT2D eigenvalue weighted by atomic mass is 10.1. The Morgan fingerprint density at radius 3 is 1.15 bits per heavy atom. The summed E-state index contributed by atoms with van der Waals surface area (Å²) in [5.74, 6) is -4.61. The van der Waals surface area contributed by atoms with E-state index in [0.717, 1.165) is 0 Å². The maximum atomic E-state index is 10.5. The highest BCUT2D eigenvalue weighted by Crippen LogP contribution is 2.07. The zero-order valence-electron chi connectivity index (χ0n) is 14.7. The normalized spacial score (nSPS) is 7.92. The van der Waals surface area contributed by atoms with E-state index < -0.39 is 23.9 Å². The summed E-state index contributed by atoms with van der Waals surface area (Å²) in [6.45, 7) is 10.5. The van der Waals surface area contributed by atoms with Gasteiger partial charge in [-0.05, 0) is 26.0 Å². The molecule has 0 fully saturated rings. The van der Waals surface area contributed by atoms with Crippen LogP contribution in [0.2, 0.25) is 0 Å². The number of carbonyl (C=O) groups is 4. The number of aromatic carboxylic acids is 2. The minimum absolute atomic E-state index is 0.190. The third-order valence-corrected chi connectivity index (χ3v) is 1.94. The van der Waals surface area contributed by atoms with Crippen molar-refractivity contribution in [2.45, 2.75) is 26.7 Å². The van der Waals surface area contributed by atoms with Gasteiger partial charge in [0.1, 0.15) is 0 Å². The molecule has 1 aromatic rings. The van der Waals surface area contributed by atoms with Gasteiger partial charge in [-0.25, -0.2) is 9.59 Å². The molecule has 0 radical (unpaired) electrons. The first-order valence-electron chi connectivity index (χ1n) is 7.22. The van der Waals surface area contributed by atoms with Crippen molar-refractivity contribution >= 4 is 23.9 Å². The molecule has 26 heavy (non-hydrogen) atoms. The van der Waals surface area contributed by atoms with Gasteiger partial charge in [0.25, 0.3) is 0 Å². The molecule has 0 aliphatic rings. The Morgan fingerprint density at radius 1 is 0.769 bits per heavy atom. The van der Waals surface area contributed by atoms with Crippen molar-refractivity contribution in [3.8, 4) is 0 Å². The van der Waals surface area contributed by atoms with Crippen LogP contribution in [0.1, 0.15) is 47.4 Å². The molecule has 8 heteroatoms. The zero-order valence-corrected chi connectivity index (χ0v) is 14.7. The van der Waals surface area contributed by atoms with E-state index in [9.17, 15) is 19.2 Å². The minimum atomic E-state index is -1.23. The first kappa shape index (κ1) is 27.4. The molecule has 0 aliphatic carbocycles.